The third-order valence-corrected chi connectivity index (χ3v) is 5.15. The van der Waals surface area contributed by atoms with Crippen LogP contribution in [0.2, 0.25) is 0 Å². The molecule has 0 radical (unpaired) electrons. The molecular weight excluding hydrogens is 306 g/mol. The zero-order chi connectivity index (χ0) is 17.8. The van der Waals surface area contributed by atoms with Crippen molar-refractivity contribution in [1.82, 2.24) is 15.0 Å². The summed E-state index contributed by atoms with van der Waals surface area (Å²) in [5.74, 6) is 1.24. The SMILES string of the molecule is Cc1nc2c([C@@H](C)c3ccc4cc[nH]c4c3)cc(C(C)(C)C)cc2[nH]1. The molecule has 1 atom stereocenters. The number of hydrogen-bond donors (Lipinski definition) is 2. The van der Waals surface area contributed by atoms with E-state index < -0.39 is 0 Å². The van der Waals surface area contributed by atoms with Crippen LogP contribution in [0.1, 0.15) is 56.1 Å². The first-order valence-corrected chi connectivity index (χ1v) is 8.91. The molecule has 0 saturated carbocycles. The van der Waals surface area contributed by atoms with Crippen LogP contribution < -0.4 is 0 Å². The van der Waals surface area contributed by atoms with Gasteiger partial charge < -0.3 is 9.97 Å². The number of nitrogens with one attached hydrogen (secondary N) is 2. The Morgan fingerprint density at radius 1 is 1.00 bits per heavy atom. The number of benzene rings is 2. The monoisotopic (exact) mass is 331 g/mol. The first-order valence-electron chi connectivity index (χ1n) is 8.91. The van der Waals surface area contributed by atoms with Crippen molar-refractivity contribution < 1.29 is 0 Å². The average molecular weight is 331 g/mol. The Morgan fingerprint density at radius 3 is 2.56 bits per heavy atom. The van der Waals surface area contributed by atoms with Crippen LogP contribution in [-0.4, -0.2) is 15.0 Å². The van der Waals surface area contributed by atoms with Crippen LogP contribution in [0.25, 0.3) is 21.9 Å². The van der Waals surface area contributed by atoms with E-state index in [1.165, 1.54) is 27.6 Å². The summed E-state index contributed by atoms with van der Waals surface area (Å²) in [6.45, 7) is 11.1. The Bertz CT molecular complexity index is 1060. The van der Waals surface area contributed by atoms with E-state index in [1.54, 1.807) is 0 Å². The van der Waals surface area contributed by atoms with Crippen molar-refractivity contribution in [3.8, 4) is 0 Å². The van der Waals surface area contributed by atoms with Gasteiger partial charge in [0, 0.05) is 17.6 Å². The zero-order valence-electron chi connectivity index (χ0n) is 15.6. The molecule has 3 nitrogen and oxygen atoms in total. The summed E-state index contributed by atoms with van der Waals surface area (Å²) in [7, 11) is 0. The van der Waals surface area contributed by atoms with Gasteiger partial charge in [-0.1, -0.05) is 45.9 Å². The number of imidazole rings is 1. The maximum Gasteiger partial charge on any atom is 0.104 e. The fourth-order valence-corrected chi connectivity index (χ4v) is 3.54. The Balaban J connectivity index is 1.91. The quantitative estimate of drug-likeness (QED) is 0.479. The lowest BCUT2D eigenvalue weighted by Crippen LogP contribution is -2.12. The molecule has 3 heteroatoms. The summed E-state index contributed by atoms with van der Waals surface area (Å²) >= 11 is 0. The van der Waals surface area contributed by atoms with Crippen LogP contribution in [0, 0.1) is 6.92 Å². The van der Waals surface area contributed by atoms with Crippen molar-refractivity contribution in [2.24, 2.45) is 0 Å². The molecule has 0 amide bonds. The second-order valence-corrected chi connectivity index (χ2v) is 8.08. The van der Waals surface area contributed by atoms with Gasteiger partial charge in [-0.25, -0.2) is 4.98 Å². The van der Waals surface area contributed by atoms with Gasteiger partial charge in [0.15, 0.2) is 0 Å². The molecule has 4 aromatic rings. The smallest absolute Gasteiger partial charge is 0.104 e. The van der Waals surface area contributed by atoms with Crippen LogP contribution in [0.3, 0.4) is 0 Å². The van der Waals surface area contributed by atoms with Gasteiger partial charge in [0.25, 0.3) is 0 Å². The number of fused-ring (bicyclic) bond motifs is 2. The number of aryl methyl sites for hydroxylation is 1. The number of H-pyrrole nitrogens is 2. The highest BCUT2D eigenvalue weighted by Gasteiger charge is 2.21. The zero-order valence-corrected chi connectivity index (χ0v) is 15.6. The summed E-state index contributed by atoms with van der Waals surface area (Å²) < 4.78 is 0. The topological polar surface area (TPSA) is 44.5 Å². The Kier molecular flexibility index (Phi) is 3.50. The minimum absolute atomic E-state index is 0.102. The molecule has 0 saturated heterocycles. The number of aromatic nitrogens is 3. The highest BCUT2D eigenvalue weighted by atomic mass is 14.9. The first-order chi connectivity index (χ1) is 11.8. The maximum atomic E-state index is 4.77. The third-order valence-electron chi connectivity index (χ3n) is 5.15. The molecular formula is C22H25N3. The van der Waals surface area contributed by atoms with Gasteiger partial charge in [-0.2, -0.15) is 0 Å². The Labute approximate surface area is 148 Å². The standard InChI is InChI=1S/C22H25N3/c1-13(16-7-6-15-8-9-23-19(15)10-16)18-11-17(22(3,4)5)12-20-21(18)25-14(2)24-20/h6-13,23H,1-5H3,(H,24,25)/t13-/m0/s1. The number of hydrogen-bond acceptors (Lipinski definition) is 1. The Hall–Kier alpha value is -2.55. The molecule has 4 rings (SSSR count). The number of aromatic amines is 2. The third kappa shape index (κ3) is 2.74. The van der Waals surface area contributed by atoms with Crippen LogP contribution >= 0.6 is 0 Å². The molecule has 0 bridgehead atoms. The lowest BCUT2D eigenvalue weighted by atomic mass is 9.82. The molecule has 0 aliphatic heterocycles. The summed E-state index contributed by atoms with van der Waals surface area (Å²) in [6.07, 6.45) is 1.99. The van der Waals surface area contributed by atoms with Crippen molar-refractivity contribution >= 4 is 21.9 Å². The summed E-state index contributed by atoms with van der Waals surface area (Å²) in [6, 6.07) is 13.4. The van der Waals surface area contributed by atoms with E-state index >= 15 is 0 Å². The molecule has 0 spiro atoms. The van der Waals surface area contributed by atoms with Crippen molar-refractivity contribution in [2.45, 2.75) is 46.0 Å². The van der Waals surface area contributed by atoms with Gasteiger partial charge in [-0.15, -0.1) is 0 Å². The van der Waals surface area contributed by atoms with Crippen LogP contribution in [0.5, 0.6) is 0 Å². The fourth-order valence-electron chi connectivity index (χ4n) is 3.54. The van der Waals surface area contributed by atoms with E-state index in [1.807, 2.05) is 13.1 Å². The van der Waals surface area contributed by atoms with Gasteiger partial charge in [-0.3, -0.25) is 0 Å². The molecule has 2 N–H and O–H groups in total. The molecule has 128 valence electrons. The maximum absolute atomic E-state index is 4.77. The van der Waals surface area contributed by atoms with E-state index in [4.69, 9.17) is 4.98 Å². The number of rotatable bonds is 2. The molecule has 0 unspecified atom stereocenters. The van der Waals surface area contributed by atoms with E-state index in [0.29, 0.717) is 0 Å². The van der Waals surface area contributed by atoms with Gasteiger partial charge in [0.2, 0.25) is 0 Å². The van der Waals surface area contributed by atoms with Gasteiger partial charge >= 0.3 is 0 Å². The second-order valence-electron chi connectivity index (χ2n) is 8.08. The van der Waals surface area contributed by atoms with Gasteiger partial charge in [-0.05, 0) is 52.6 Å². The summed E-state index contributed by atoms with van der Waals surface area (Å²) in [5, 5.41) is 1.25. The van der Waals surface area contributed by atoms with Crippen LogP contribution in [0.15, 0.2) is 42.6 Å². The molecule has 25 heavy (non-hydrogen) atoms. The largest absolute Gasteiger partial charge is 0.361 e. The Morgan fingerprint density at radius 2 is 1.80 bits per heavy atom. The summed E-state index contributed by atoms with van der Waals surface area (Å²) in [4.78, 5) is 11.5. The normalized spacial score (nSPS) is 13.6. The molecule has 2 aromatic heterocycles. The highest BCUT2D eigenvalue weighted by Crippen LogP contribution is 2.35. The van der Waals surface area contributed by atoms with E-state index in [2.05, 4.69) is 74.1 Å². The van der Waals surface area contributed by atoms with Crippen molar-refractivity contribution in [3.05, 3.63) is 65.1 Å². The highest BCUT2D eigenvalue weighted by molar-refractivity contribution is 5.83. The lowest BCUT2D eigenvalue weighted by molar-refractivity contribution is 0.589. The van der Waals surface area contributed by atoms with Gasteiger partial charge in [0.1, 0.15) is 5.82 Å². The minimum atomic E-state index is 0.102. The first kappa shape index (κ1) is 15.9. The predicted molar refractivity (Wildman–Crippen MR) is 105 cm³/mol. The van der Waals surface area contributed by atoms with Crippen LogP contribution in [0.4, 0.5) is 0 Å². The fraction of sp³-hybridized carbons (Fsp3) is 0.318. The molecule has 0 aliphatic carbocycles. The number of nitrogens with zero attached hydrogens (tertiary/aromatic N) is 1. The van der Waals surface area contributed by atoms with E-state index in [0.717, 1.165) is 16.9 Å². The molecule has 0 aliphatic rings. The van der Waals surface area contributed by atoms with Crippen molar-refractivity contribution in [2.75, 3.05) is 0 Å². The molecule has 2 aromatic carbocycles. The second kappa shape index (κ2) is 5.48. The average Bonchev–Trinajstić information content (AvgIpc) is 3.16. The molecule has 2 heterocycles. The molecule has 0 fully saturated rings. The van der Waals surface area contributed by atoms with E-state index in [9.17, 15) is 0 Å². The van der Waals surface area contributed by atoms with E-state index in [-0.39, 0.29) is 11.3 Å². The predicted octanol–water partition coefficient (Wildman–Crippen LogP) is 5.80. The summed E-state index contributed by atoms with van der Waals surface area (Å²) in [5.41, 5.74) is 7.45. The van der Waals surface area contributed by atoms with Crippen molar-refractivity contribution in [1.29, 1.82) is 0 Å². The minimum Gasteiger partial charge on any atom is -0.361 e. The van der Waals surface area contributed by atoms with Gasteiger partial charge in [0.05, 0.1) is 11.0 Å². The lowest BCUT2D eigenvalue weighted by Gasteiger charge is -2.22. The van der Waals surface area contributed by atoms with Crippen molar-refractivity contribution in [3.63, 3.8) is 0 Å². The van der Waals surface area contributed by atoms with Crippen LogP contribution in [-0.2, 0) is 5.41 Å².